The first-order valence-electron chi connectivity index (χ1n) is 5.05. The van der Waals surface area contributed by atoms with Gasteiger partial charge in [-0.25, -0.2) is 9.97 Å². The fourth-order valence-corrected chi connectivity index (χ4v) is 1.43. The molecule has 9 heteroatoms. The monoisotopic (exact) mass is 249 g/mol. The third-order valence-electron chi connectivity index (χ3n) is 2.20. The van der Waals surface area contributed by atoms with E-state index < -0.39 is 4.92 Å². The lowest BCUT2D eigenvalue weighted by Crippen LogP contribution is -2.05. The van der Waals surface area contributed by atoms with Gasteiger partial charge in [0.1, 0.15) is 6.33 Å². The predicted octanol–water partition coefficient (Wildman–Crippen LogP) is 0.904. The largest absolute Gasteiger partial charge is 0.367 e. The van der Waals surface area contributed by atoms with Crippen LogP contribution < -0.4 is 10.6 Å². The Bertz CT molecular complexity index is 580. The summed E-state index contributed by atoms with van der Waals surface area (Å²) in [4.78, 5) is 18.1. The van der Waals surface area contributed by atoms with Crippen molar-refractivity contribution < 1.29 is 4.92 Å². The van der Waals surface area contributed by atoms with E-state index in [4.69, 9.17) is 0 Å². The molecule has 9 nitrogen and oxygen atoms in total. The highest BCUT2D eigenvalue weighted by atomic mass is 16.6. The van der Waals surface area contributed by atoms with E-state index in [0.717, 1.165) is 0 Å². The molecular weight excluding hydrogens is 238 g/mol. The van der Waals surface area contributed by atoms with E-state index in [0.29, 0.717) is 5.82 Å². The molecule has 94 valence electrons. The van der Waals surface area contributed by atoms with Gasteiger partial charge < -0.3 is 10.6 Å². The highest BCUT2D eigenvalue weighted by Crippen LogP contribution is 2.29. The zero-order valence-corrected chi connectivity index (χ0v) is 9.78. The third-order valence-corrected chi connectivity index (χ3v) is 2.20. The molecule has 0 aliphatic rings. The number of hydrogen-bond donors (Lipinski definition) is 2. The van der Waals surface area contributed by atoms with Gasteiger partial charge in [-0.15, -0.1) is 0 Å². The minimum Gasteiger partial charge on any atom is -0.367 e. The van der Waals surface area contributed by atoms with Gasteiger partial charge in [-0.1, -0.05) is 0 Å². The Labute approximate surface area is 102 Å². The van der Waals surface area contributed by atoms with Gasteiger partial charge in [-0.2, -0.15) is 5.10 Å². The van der Waals surface area contributed by atoms with E-state index in [-0.39, 0.29) is 17.3 Å². The van der Waals surface area contributed by atoms with Crippen LogP contribution in [0.2, 0.25) is 0 Å². The molecule has 0 bridgehead atoms. The summed E-state index contributed by atoms with van der Waals surface area (Å²) in [5.74, 6) is 0.716. The lowest BCUT2D eigenvalue weighted by atomic mass is 10.4. The fourth-order valence-electron chi connectivity index (χ4n) is 1.43. The van der Waals surface area contributed by atoms with Crippen molar-refractivity contribution in [3.05, 3.63) is 28.7 Å². The summed E-state index contributed by atoms with van der Waals surface area (Å²) in [5.41, 5.74) is -0.217. The molecule has 0 unspecified atom stereocenters. The van der Waals surface area contributed by atoms with Gasteiger partial charge in [0.25, 0.3) is 0 Å². The number of nitro groups is 1. The Kier molecular flexibility index (Phi) is 3.04. The average molecular weight is 249 g/mol. The maximum absolute atomic E-state index is 11.0. The molecule has 0 aliphatic carbocycles. The van der Waals surface area contributed by atoms with Crippen LogP contribution in [0.15, 0.2) is 18.6 Å². The molecule has 2 aromatic heterocycles. The van der Waals surface area contributed by atoms with E-state index in [1.54, 1.807) is 31.0 Å². The zero-order valence-electron chi connectivity index (χ0n) is 9.78. The Hall–Kier alpha value is -2.71. The van der Waals surface area contributed by atoms with Crippen LogP contribution in [-0.2, 0) is 7.05 Å². The quantitative estimate of drug-likeness (QED) is 0.611. The van der Waals surface area contributed by atoms with Crippen molar-refractivity contribution in [1.82, 2.24) is 19.7 Å². The number of nitrogens with one attached hydrogen (secondary N) is 2. The number of nitrogens with zero attached hydrogens (tertiary/aromatic N) is 5. The molecule has 0 fully saturated rings. The van der Waals surface area contributed by atoms with Crippen molar-refractivity contribution in [2.45, 2.75) is 0 Å². The van der Waals surface area contributed by atoms with Gasteiger partial charge in [0, 0.05) is 26.4 Å². The molecule has 0 spiro atoms. The summed E-state index contributed by atoms with van der Waals surface area (Å²) in [6, 6.07) is 1.69. The minimum absolute atomic E-state index is 0.0954. The molecule has 2 N–H and O–H groups in total. The first kappa shape index (κ1) is 11.8. The number of hydrogen-bond acceptors (Lipinski definition) is 7. The molecule has 2 aromatic rings. The SMILES string of the molecule is CNc1ncnc(Nc2ccn(C)n2)c1[N+](=O)[O-]. The third kappa shape index (κ3) is 2.19. The van der Waals surface area contributed by atoms with Crippen LogP contribution in [0.4, 0.5) is 23.1 Å². The van der Waals surface area contributed by atoms with Crippen molar-refractivity contribution in [3.8, 4) is 0 Å². The Morgan fingerprint density at radius 2 is 2.11 bits per heavy atom. The maximum Gasteiger partial charge on any atom is 0.353 e. The molecule has 2 heterocycles. The highest BCUT2D eigenvalue weighted by molar-refractivity contribution is 5.72. The molecule has 0 radical (unpaired) electrons. The van der Waals surface area contributed by atoms with E-state index in [1.807, 2.05) is 0 Å². The molecule has 0 aromatic carbocycles. The van der Waals surface area contributed by atoms with Crippen LogP contribution in [0.3, 0.4) is 0 Å². The van der Waals surface area contributed by atoms with Crippen molar-refractivity contribution in [2.24, 2.45) is 7.05 Å². The average Bonchev–Trinajstić information content (AvgIpc) is 2.74. The van der Waals surface area contributed by atoms with Crippen LogP contribution in [0.1, 0.15) is 0 Å². The van der Waals surface area contributed by atoms with E-state index in [9.17, 15) is 10.1 Å². The van der Waals surface area contributed by atoms with E-state index in [1.165, 1.54) is 6.33 Å². The Morgan fingerprint density at radius 3 is 2.67 bits per heavy atom. The summed E-state index contributed by atoms with van der Waals surface area (Å²) in [6.45, 7) is 0. The van der Waals surface area contributed by atoms with Crippen LogP contribution >= 0.6 is 0 Å². The van der Waals surface area contributed by atoms with Crippen molar-refractivity contribution in [1.29, 1.82) is 0 Å². The van der Waals surface area contributed by atoms with Gasteiger partial charge in [-0.05, 0) is 0 Å². The molecule has 0 aliphatic heterocycles. The van der Waals surface area contributed by atoms with Crippen molar-refractivity contribution >= 4 is 23.1 Å². The second-order valence-corrected chi connectivity index (χ2v) is 3.43. The smallest absolute Gasteiger partial charge is 0.353 e. The highest BCUT2D eigenvalue weighted by Gasteiger charge is 2.22. The van der Waals surface area contributed by atoms with Crippen molar-refractivity contribution in [2.75, 3.05) is 17.7 Å². The number of anilines is 3. The minimum atomic E-state index is -0.545. The predicted molar refractivity (Wildman–Crippen MR) is 64.7 cm³/mol. The van der Waals surface area contributed by atoms with E-state index >= 15 is 0 Å². The second kappa shape index (κ2) is 4.65. The lowest BCUT2D eigenvalue weighted by Gasteiger charge is -2.05. The fraction of sp³-hybridized carbons (Fsp3) is 0.222. The Morgan fingerprint density at radius 1 is 1.39 bits per heavy atom. The lowest BCUT2D eigenvalue weighted by molar-refractivity contribution is -0.383. The maximum atomic E-state index is 11.0. The van der Waals surface area contributed by atoms with Gasteiger partial charge in [0.15, 0.2) is 5.82 Å². The summed E-state index contributed by atoms with van der Waals surface area (Å²) in [6.07, 6.45) is 2.96. The van der Waals surface area contributed by atoms with Gasteiger partial charge in [0.2, 0.25) is 11.6 Å². The molecule has 0 saturated carbocycles. The van der Waals surface area contributed by atoms with Crippen LogP contribution in [0.5, 0.6) is 0 Å². The molecule has 0 atom stereocenters. The van der Waals surface area contributed by atoms with Gasteiger partial charge in [-0.3, -0.25) is 14.8 Å². The topological polar surface area (TPSA) is 111 Å². The first-order chi connectivity index (χ1) is 8.61. The summed E-state index contributed by atoms with van der Waals surface area (Å²) >= 11 is 0. The summed E-state index contributed by atoms with van der Waals surface area (Å²) in [7, 11) is 3.30. The number of aromatic nitrogens is 4. The summed E-state index contributed by atoms with van der Waals surface area (Å²) < 4.78 is 1.58. The first-order valence-corrected chi connectivity index (χ1v) is 5.05. The standard InChI is InChI=1S/C9H11N7O2/c1-10-8-7(16(17)18)9(12-5-11-8)13-6-3-4-15(2)14-6/h3-5H,1-2H3,(H2,10,11,12,13,14). The molecule has 2 rings (SSSR count). The van der Waals surface area contributed by atoms with Crippen LogP contribution in [0, 0.1) is 10.1 Å². The Balaban J connectivity index is 2.41. The number of rotatable bonds is 4. The molecular formula is C9H11N7O2. The zero-order chi connectivity index (χ0) is 13.1. The van der Waals surface area contributed by atoms with Crippen molar-refractivity contribution in [3.63, 3.8) is 0 Å². The molecule has 0 saturated heterocycles. The summed E-state index contributed by atoms with van der Waals surface area (Å²) in [5, 5.41) is 20.5. The molecule has 0 amide bonds. The van der Waals surface area contributed by atoms with Gasteiger partial charge in [0.05, 0.1) is 4.92 Å². The molecule has 18 heavy (non-hydrogen) atoms. The van der Waals surface area contributed by atoms with Crippen LogP contribution in [0.25, 0.3) is 0 Å². The van der Waals surface area contributed by atoms with Crippen LogP contribution in [-0.4, -0.2) is 31.7 Å². The van der Waals surface area contributed by atoms with E-state index in [2.05, 4.69) is 25.7 Å². The normalized spacial score (nSPS) is 10.1. The van der Waals surface area contributed by atoms with Gasteiger partial charge >= 0.3 is 5.69 Å². The number of aryl methyl sites for hydroxylation is 1. The second-order valence-electron chi connectivity index (χ2n) is 3.43.